The molecule has 0 aliphatic carbocycles. The molecule has 1 unspecified atom stereocenters. The minimum absolute atomic E-state index is 0.203. The maximum atomic E-state index is 5.81. The first kappa shape index (κ1) is 13.3. The zero-order valence-electron chi connectivity index (χ0n) is 10.2. The second-order valence-electron chi connectivity index (χ2n) is 4.08. The Kier molecular flexibility index (Phi) is 4.58. The van der Waals surface area contributed by atoms with E-state index >= 15 is 0 Å². The normalized spacial score (nSPS) is 12.6. The molecule has 2 aromatic rings. The van der Waals surface area contributed by atoms with Crippen molar-refractivity contribution in [2.24, 2.45) is 5.73 Å². The Morgan fingerprint density at radius 3 is 2.67 bits per heavy atom. The van der Waals surface area contributed by atoms with Gasteiger partial charge in [0.15, 0.2) is 0 Å². The molecule has 3 nitrogen and oxygen atoms in total. The van der Waals surface area contributed by atoms with Gasteiger partial charge in [0.25, 0.3) is 0 Å². The smallest absolute Gasteiger partial charge is 0.134 e. The number of benzene rings is 1. The van der Waals surface area contributed by atoms with Crippen LogP contribution in [0, 0.1) is 6.92 Å². The largest absolute Gasteiger partial charge is 0.464 e. The number of rotatable bonds is 5. The van der Waals surface area contributed by atoms with Crippen LogP contribution >= 0.6 is 15.9 Å². The summed E-state index contributed by atoms with van der Waals surface area (Å²) in [4.78, 5) is 0. The molecule has 0 fully saturated rings. The van der Waals surface area contributed by atoms with Gasteiger partial charge in [-0.3, -0.25) is 0 Å². The first-order valence-electron chi connectivity index (χ1n) is 5.82. The molecule has 1 aromatic heterocycles. The SMILES string of the molecule is Cc1ccc(C(CN)OCc2ccccc2Br)o1. The van der Waals surface area contributed by atoms with Gasteiger partial charge >= 0.3 is 0 Å². The maximum Gasteiger partial charge on any atom is 0.134 e. The van der Waals surface area contributed by atoms with Crippen LogP contribution in [0.25, 0.3) is 0 Å². The van der Waals surface area contributed by atoms with Crippen molar-refractivity contribution < 1.29 is 9.15 Å². The van der Waals surface area contributed by atoms with Crippen LogP contribution in [0.1, 0.15) is 23.2 Å². The van der Waals surface area contributed by atoms with Crippen LogP contribution in [0.4, 0.5) is 0 Å². The van der Waals surface area contributed by atoms with Gasteiger partial charge in [0.05, 0.1) is 6.61 Å². The Bertz CT molecular complexity index is 510. The number of ether oxygens (including phenoxy) is 1. The lowest BCUT2D eigenvalue weighted by molar-refractivity contribution is 0.0306. The molecule has 1 heterocycles. The number of hydrogen-bond donors (Lipinski definition) is 1. The fraction of sp³-hybridized carbons (Fsp3) is 0.286. The highest BCUT2D eigenvalue weighted by atomic mass is 79.9. The summed E-state index contributed by atoms with van der Waals surface area (Å²) < 4.78 is 12.4. The third kappa shape index (κ3) is 3.22. The van der Waals surface area contributed by atoms with Crippen molar-refractivity contribution in [3.05, 3.63) is 58.0 Å². The van der Waals surface area contributed by atoms with Crippen LogP contribution in [-0.2, 0) is 11.3 Å². The number of nitrogens with two attached hydrogens (primary N) is 1. The van der Waals surface area contributed by atoms with Crippen LogP contribution in [-0.4, -0.2) is 6.54 Å². The standard InChI is InChI=1S/C14H16BrNO2/c1-10-6-7-13(18-10)14(8-16)17-9-11-4-2-3-5-12(11)15/h2-7,14H,8-9,16H2,1H3. The molecule has 0 bridgehead atoms. The second kappa shape index (κ2) is 6.18. The van der Waals surface area contributed by atoms with Gasteiger partial charge in [-0.25, -0.2) is 0 Å². The van der Waals surface area contributed by atoms with E-state index in [9.17, 15) is 0 Å². The minimum atomic E-state index is -0.203. The Labute approximate surface area is 115 Å². The molecule has 0 radical (unpaired) electrons. The monoisotopic (exact) mass is 309 g/mol. The summed E-state index contributed by atoms with van der Waals surface area (Å²) in [7, 11) is 0. The van der Waals surface area contributed by atoms with E-state index in [0.717, 1.165) is 21.6 Å². The molecule has 2 rings (SSSR count). The molecule has 18 heavy (non-hydrogen) atoms. The number of hydrogen-bond acceptors (Lipinski definition) is 3. The molecule has 1 atom stereocenters. The average molecular weight is 310 g/mol. The van der Waals surface area contributed by atoms with Crippen molar-refractivity contribution in [3.63, 3.8) is 0 Å². The summed E-state index contributed by atoms with van der Waals surface area (Å²) in [5.41, 5.74) is 6.82. The highest BCUT2D eigenvalue weighted by molar-refractivity contribution is 9.10. The molecule has 0 spiro atoms. The molecule has 1 aromatic carbocycles. The molecule has 0 aliphatic heterocycles. The second-order valence-corrected chi connectivity index (χ2v) is 4.93. The van der Waals surface area contributed by atoms with E-state index in [4.69, 9.17) is 14.9 Å². The summed E-state index contributed by atoms with van der Waals surface area (Å²) in [6.07, 6.45) is -0.203. The Morgan fingerprint density at radius 2 is 2.06 bits per heavy atom. The van der Waals surface area contributed by atoms with Gasteiger partial charge in [0.1, 0.15) is 17.6 Å². The molecular weight excluding hydrogens is 294 g/mol. The van der Waals surface area contributed by atoms with Gasteiger partial charge in [-0.05, 0) is 30.7 Å². The predicted molar refractivity (Wildman–Crippen MR) is 74.2 cm³/mol. The van der Waals surface area contributed by atoms with Crippen LogP contribution < -0.4 is 5.73 Å². The van der Waals surface area contributed by atoms with Crippen LogP contribution in [0.2, 0.25) is 0 Å². The fourth-order valence-corrected chi connectivity index (χ4v) is 2.10. The van der Waals surface area contributed by atoms with E-state index in [1.807, 2.05) is 43.3 Å². The number of halogens is 1. The summed E-state index contributed by atoms with van der Waals surface area (Å²) in [6, 6.07) is 11.8. The van der Waals surface area contributed by atoms with Gasteiger partial charge < -0.3 is 14.9 Å². The molecule has 0 saturated carbocycles. The quantitative estimate of drug-likeness (QED) is 0.918. The lowest BCUT2D eigenvalue weighted by Gasteiger charge is -2.14. The van der Waals surface area contributed by atoms with Crippen molar-refractivity contribution >= 4 is 15.9 Å². The van der Waals surface area contributed by atoms with E-state index in [2.05, 4.69) is 15.9 Å². The summed E-state index contributed by atoms with van der Waals surface area (Å²) in [5, 5.41) is 0. The first-order chi connectivity index (χ1) is 8.70. The van der Waals surface area contributed by atoms with Crippen molar-refractivity contribution in [1.82, 2.24) is 0 Å². The van der Waals surface area contributed by atoms with Gasteiger partial charge in [-0.2, -0.15) is 0 Å². The van der Waals surface area contributed by atoms with E-state index in [1.165, 1.54) is 0 Å². The van der Waals surface area contributed by atoms with Crippen LogP contribution in [0.5, 0.6) is 0 Å². The topological polar surface area (TPSA) is 48.4 Å². The number of furan rings is 1. The maximum absolute atomic E-state index is 5.81. The average Bonchev–Trinajstić information content (AvgIpc) is 2.79. The molecule has 2 N–H and O–H groups in total. The zero-order valence-corrected chi connectivity index (χ0v) is 11.8. The Hall–Kier alpha value is -1.10. The molecular formula is C14H16BrNO2. The lowest BCUT2D eigenvalue weighted by Crippen LogP contribution is -2.15. The summed E-state index contributed by atoms with van der Waals surface area (Å²) >= 11 is 3.49. The predicted octanol–water partition coefficient (Wildman–Crippen LogP) is 3.57. The van der Waals surface area contributed by atoms with Crippen molar-refractivity contribution in [1.29, 1.82) is 0 Å². The third-order valence-corrected chi connectivity index (χ3v) is 3.46. The van der Waals surface area contributed by atoms with Gasteiger partial charge in [-0.15, -0.1) is 0 Å². The summed E-state index contributed by atoms with van der Waals surface area (Å²) in [6.45, 7) is 2.81. The molecule has 0 aliphatic rings. The number of aryl methyl sites for hydroxylation is 1. The van der Waals surface area contributed by atoms with E-state index < -0.39 is 0 Å². The Balaban J connectivity index is 2.02. The minimum Gasteiger partial charge on any atom is -0.464 e. The van der Waals surface area contributed by atoms with Crippen LogP contribution in [0.3, 0.4) is 0 Å². The zero-order chi connectivity index (χ0) is 13.0. The molecule has 0 saturated heterocycles. The van der Waals surface area contributed by atoms with Gasteiger partial charge in [-0.1, -0.05) is 34.1 Å². The summed E-state index contributed by atoms with van der Waals surface area (Å²) in [5.74, 6) is 1.65. The lowest BCUT2D eigenvalue weighted by atomic mass is 10.2. The highest BCUT2D eigenvalue weighted by Gasteiger charge is 2.14. The third-order valence-electron chi connectivity index (χ3n) is 2.69. The van der Waals surface area contributed by atoms with Crippen molar-refractivity contribution in [3.8, 4) is 0 Å². The molecule has 96 valence electrons. The highest BCUT2D eigenvalue weighted by Crippen LogP contribution is 2.23. The molecule has 0 amide bonds. The van der Waals surface area contributed by atoms with Gasteiger partial charge in [0, 0.05) is 11.0 Å². The fourth-order valence-electron chi connectivity index (χ4n) is 1.70. The van der Waals surface area contributed by atoms with Crippen molar-refractivity contribution in [2.75, 3.05) is 6.54 Å². The van der Waals surface area contributed by atoms with E-state index in [-0.39, 0.29) is 6.10 Å². The Morgan fingerprint density at radius 1 is 1.28 bits per heavy atom. The molecule has 4 heteroatoms. The first-order valence-corrected chi connectivity index (χ1v) is 6.61. The van der Waals surface area contributed by atoms with E-state index in [0.29, 0.717) is 13.2 Å². The van der Waals surface area contributed by atoms with Gasteiger partial charge in [0.2, 0.25) is 0 Å². The van der Waals surface area contributed by atoms with E-state index in [1.54, 1.807) is 0 Å². The van der Waals surface area contributed by atoms with Crippen molar-refractivity contribution in [2.45, 2.75) is 19.6 Å². The van der Waals surface area contributed by atoms with Crippen LogP contribution in [0.15, 0.2) is 45.3 Å².